The summed E-state index contributed by atoms with van der Waals surface area (Å²) in [5, 5.41) is 10.3. The number of nitrogens with two attached hydrogens (primary N) is 2. The van der Waals surface area contributed by atoms with E-state index in [2.05, 4.69) is 42.2 Å². The highest BCUT2D eigenvalue weighted by Gasteiger charge is 2.58. The first-order valence-corrected chi connectivity index (χ1v) is 19.9. The van der Waals surface area contributed by atoms with Gasteiger partial charge in [0.2, 0.25) is 23.3 Å². The number of methoxy groups -OCH3 is 2. The number of hydrogen-bond acceptors (Lipinski definition) is 20. The molecular weight excluding hydrogens is 786 g/mol. The maximum Gasteiger partial charge on any atom is 0.386 e. The second-order valence-corrected chi connectivity index (χ2v) is 15.5. The Labute approximate surface area is 309 Å². The lowest BCUT2D eigenvalue weighted by molar-refractivity contribution is -0.160. The molecule has 8 N–H and O–H groups in total. The van der Waals surface area contributed by atoms with Gasteiger partial charge in [0.1, 0.15) is 24.4 Å². The SMILES string of the molecule is COCCOC1(n2cnc3c(=O)[nH]c(N)nc32)CO[C@H](COP(=O)(S)O[C@H]2[C@@H](CO)OCC2(OCCOC)n2cnc3c(=O)[nH]c(N)nc32)C1O[PH](=O)O. The van der Waals surface area contributed by atoms with Gasteiger partial charge in [-0.25, -0.2) is 14.5 Å². The second kappa shape index (κ2) is 16.4. The van der Waals surface area contributed by atoms with E-state index in [4.69, 9.17) is 53.5 Å². The Balaban J connectivity index is 1.32. The summed E-state index contributed by atoms with van der Waals surface area (Å²) >= 11 is 4.20. The molecule has 0 aliphatic carbocycles. The van der Waals surface area contributed by atoms with Crippen molar-refractivity contribution in [3.05, 3.63) is 33.4 Å². The maximum atomic E-state index is 14.1. The Morgan fingerprint density at radius 1 is 0.926 bits per heavy atom. The number of H-pyrrole nitrogens is 2. The van der Waals surface area contributed by atoms with Crippen LogP contribution in [-0.4, -0.2) is 141 Å². The van der Waals surface area contributed by atoms with Gasteiger partial charge in [0.15, 0.2) is 22.3 Å². The third-order valence-corrected chi connectivity index (χ3v) is 10.6. The number of hydrogen-bond donors (Lipinski definition) is 7. The Kier molecular flexibility index (Phi) is 12.3. The molecule has 6 rings (SSSR count). The predicted molar refractivity (Wildman–Crippen MR) is 187 cm³/mol. The summed E-state index contributed by atoms with van der Waals surface area (Å²) in [6, 6.07) is 0. The van der Waals surface area contributed by atoms with Crippen molar-refractivity contribution in [2.24, 2.45) is 0 Å². The summed E-state index contributed by atoms with van der Waals surface area (Å²) in [5.41, 5.74) is 6.30. The number of rotatable bonds is 18. The molecule has 8 atom stereocenters. The van der Waals surface area contributed by atoms with Crippen LogP contribution in [0.15, 0.2) is 22.2 Å². The molecule has 2 aliphatic heterocycles. The van der Waals surface area contributed by atoms with Gasteiger partial charge >= 0.3 is 15.1 Å². The van der Waals surface area contributed by atoms with E-state index in [1.165, 1.54) is 36.0 Å². The fraction of sp³-hybridized carbons (Fsp3) is 0.615. The lowest BCUT2D eigenvalue weighted by Crippen LogP contribution is -2.51. The average Bonchev–Trinajstić information content (AvgIpc) is 3.89. The average molecular weight is 825 g/mol. The van der Waals surface area contributed by atoms with Crippen molar-refractivity contribution in [3.63, 3.8) is 0 Å². The molecule has 6 heterocycles. The Hall–Kier alpha value is -3.33. The summed E-state index contributed by atoms with van der Waals surface area (Å²) in [7, 11) is -0.891. The lowest BCUT2D eigenvalue weighted by Gasteiger charge is -2.37. The second-order valence-electron chi connectivity index (χ2n) is 11.8. The van der Waals surface area contributed by atoms with Gasteiger partial charge < -0.3 is 49.9 Å². The van der Waals surface area contributed by atoms with E-state index in [1.54, 1.807) is 0 Å². The minimum atomic E-state index is -4.56. The van der Waals surface area contributed by atoms with Crippen LogP contribution in [0.5, 0.6) is 0 Å². The molecule has 298 valence electrons. The van der Waals surface area contributed by atoms with Crippen molar-refractivity contribution in [1.29, 1.82) is 0 Å². The number of nitrogens with zero attached hydrogens (tertiary/aromatic N) is 6. The molecule has 0 aromatic carbocycles. The quantitative estimate of drug-likeness (QED) is 0.0325. The van der Waals surface area contributed by atoms with Crippen molar-refractivity contribution in [2.45, 2.75) is 35.9 Å². The minimum absolute atomic E-state index is 0.0481. The smallest absolute Gasteiger partial charge is 0.386 e. The van der Waals surface area contributed by atoms with Crippen molar-refractivity contribution in [2.75, 3.05) is 78.5 Å². The summed E-state index contributed by atoms with van der Waals surface area (Å²) < 4.78 is 80.5. The van der Waals surface area contributed by atoms with E-state index >= 15 is 0 Å². The highest BCUT2D eigenvalue weighted by molar-refractivity contribution is 8.44. The van der Waals surface area contributed by atoms with Gasteiger partial charge in [0.25, 0.3) is 11.1 Å². The summed E-state index contributed by atoms with van der Waals surface area (Å²) in [6.07, 6.45) is -3.10. The number of anilines is 2. The molecule has 0 radical (unpaired) electrons. The van der Waals surface area contributed by atoms with Crippen LogP contribution in [0, 0.1) is 0 Å². The molecule has 5 unspecified atom stereocenters. The van der Waals surface area contributed by atoms with Crippen LogP contribution in [0.25, 0.3) is 22.3 Å². The number of ether oxygens (including phenoxy) is 6. The van der Waals surface area contributed by atoms with Gasteiger partial charge in [-0.05, 0) is 0 Å². The Morgan fingerprint density at radius 3 is 1.91 bits per heavy atom. The third kappa shape index (κ3) is 7.72. The maximum absolute atomic E-state index is 14.1. The van der Waals surface area contributed by atoms with Crippen LogP contribution in [0.1, 0.15) is 0 Å². The minimum Gasteiger partial charge on any atom is -0.394 e. The molecule has 28 heteroatoms. The Morgan fingerprint density at radius 2 is 1.43 bits per heavy atom. The third-order valence-electron chi connectivity index (χ3n) is 8.57. The van der Waals surface area contributed by atoms with E-state index in [9.17, 15) is 28.7 Å². The first-order chi connectivity index (χ1) is 25.8. The van der Waals surface area contributed by atoms with E-state index in [0.717, 1.165) is 0 Å². The number of thiol groups is 1. The van der Waals surface area contributed by atoms with E-state index in [0.29, 0.717) is 0 Å². The highest BCUT2D eigenvalue weighted by Crippen LogP contribution is 2.58. The molecule has 0 saturated carbocycles. The first kappa shape index (κ1) is 40.3. The molecule has 4 aromatic rings. The zero-order valence-corrected chi connectivity index (χ0v) is 31.3. The molecular formula is C26H38N10O15P2S. The number of imidazole rings is 2. The molecule has 2 fully saturated rings. The van der Waals surface area contributed by atoms with Gasteiger partial charge in [-0.1, -0.05) is 12.2 Å². The molecule has 54 heavy (non-hydrogen) atoms. The largest absolute Gasteiger partial charge is 0.394 e. The lowest BCUT2D eigenvalue weighted by atomic mass is 10.1. The Bertz CT molecular complexity index is 2150. The monoisotopic (exact) mass is 824 g/mol. The van der Waals surface area contributed by atoms with Gasteiger partial charge in [-0.3, -0.25) is 46.8 Å². The van der Waals surface area contributed by atoms with Crippen molar-refractivity contribution < 1.29 is 61.1 Å². The summed E-state index contributed by atoms with van der Waals surface area (Å²) in [4.78, 5) is 56.5. The van der Waals surface area contributed by atoms with E-state index in [1.807, 2.05) is 0 Å². The number of aliphatic hydroxyl groups excluding tert-OH is 1. The fourth-order valence-electron chi connectivity index (χ4n) is 6.24. The molecule has 4 aromatic heterocycles. The molecule has 2 saturated heterocycles. The van der Waals surface area contributed by atoms with Crippen molar-refractivity contribution in [1.82, 2.24) is 39.0 Å². The molecule has 0 amide bonds. The summed E-state index contributed by atoms with van der Waals surface area (Å²) in [5.74, 6) is -0.495. The van der Waals surface area contributed by atoms with Crippen LogP contribution in [-0.2, 0) is 62.6 Å². The van der Waals surface area contributed by atoms with Crippen molar-refractivity contribution >= 4 is 61.5 Å². The van der Waals surface area contributed by atoms with Gasteiger partial charge in [-0.15, -0.1) is 0 Å². The zero-order valence-electron chi connectivity index (χ0n) is 28.6. The van der Waals surface area contributed by atoms with Gasteiger partial charge in [-0.2, -0.15) is 9.97 Å². The standard InChI is InChI=1S/C26H38N10O15P2S/c1-43-3-5-47-25(35-11-29-15-19(35)31-23(27)33-21(15)38)9-46-14(17(25)50-52(40)41)8-49-53(42,54)51-18-13(7-37)45-10-26(18,48-6-4-44-2)36-12-30-16-20(36)32-24(28)34-22(16)39/h11-14,17-18,37,52H,3-10H2,1-2H3,(H,40,41)(H,42,54)(H3,27,31,33,38)(H3,28,32,34,39)/t13-,14-,17?,18+,25?,26?,53?/m1/s1. The van der Waals surface area contributed by atoms with Crippen LogP contribution < -0.4 is 22.6 Å². The number of aliphatic hydroxyl groups is 1. The van der Waals surface area contributed by atoms with Gasteiger partial charge in [0, 0.05) is 14.2 Å². The number of nitrogens with one attached hydrogen (secondary N) is 2. The number of fused-ring (bicyclic) bond motifs is 2. The van der Waals surface area contributed by atoms with E-state index < -0.39 is 81.9 Å². The van der Waals surface area contributed by atoms with Crippen LogP contribution in [0.4, 0.5) is 11.9 Å². The van der Waals surface area contributed by atoms with Crippen LogP contribution >= 0.6 is 27.3 Å². The first-order valence-electron chi connectivity index (χ1n) is 15.9. The van der Waals surface area contributed by atoms with Gasteiger partial charge in [0.05, 0.1) is 65.5 Å². The molecule has 0 spiro atoms. The van der Waals surface area contributed by atoms with E-state index in [-0.39, 0.29) is 67.3 Å². The van der Waals surface area contributed by atoms with Crippen LogP contribution in [0.2, 0.25) is 0 Å². The normalized spacial score (nSPS) is 27.6. The molecule has 0 bridgehead atoms. The van der Waals surface area contributed by atoms with Crippen LogP contribution in [0.3, 0.4) is 0 Å². The number of nitrogen functional groups attached to an aromatic ring is 2. The number of aromatic nitrogens is 8. The number of aromatic amines is 2. The topological polar surface area (TPSA) is 337 Å². The molecule has 2 aliphatic rings. The summed E-state index contributed by atoms with van der Waals surface area (Å²) in [6.45, 7) is -6.70. The predicted octanol–water partition coefficient (Wildman–Crippen LogP) is -1.95. The highest BCUT2D eigenvalue weighted by atomic mass is 32.7. The molecule has 25 nitrogen and oxygen atoms in total. The van der Waals surface area contributed by atoms with Crippen molar-refractivity contribution in [3.8, 4) is 0 Å². The fourth-order valence-corrected chi connectivity index (χ4v) is 8.28. The zero-order chi connectivity index (χ0) is 38.8.